The van der Waals surface area contributed by atoms with Crippen LogP contribution in [0.1, 0.15) is 115 Å². The molecule has 6 aliphatic rings. The van der Waals surface area contributed by atoms with Gasteiger partial charge in [-0.05, 0) is 89.0 Å². The van der Waals surface area contributed by atoms with Crippen molar-refractivity contribution in [1.82, 2.24) is 0 Å². The Hall–Kier alpha value is -2.96. The summed E-state index contributed by atoms with van der Waals surface area (Å²) in [6.07, 6.45) is 2.84. The van der Waals surface area contributed by atoms with Gasteiger partial charge in [0.25, 0.3) is 6.71 Å². The van der Waals surface area contributed by atoms with Crippen LogP contribution < -0.4 is 26.2 Å². The van der Waals surface area contributed by atoms with Gasteiger partial charge >= 0.3 is 0 Å². The Balaban J connectivity index is 1.43. The number of hydrogen-bond acceptors (Lipinski definition) is 2. The van der Waals surface area contributed by atoms with E-state index in [1.165, 1.54) is 0 Å². The molecule has 2 saturated carbocycles. The minimum absolute atomic E-state index is 0.0789. The summed E-state index contributed by atoms with van der Waals surface area (Å²) in [6, 6.07) is 13.7. The zero-order valence-electron chi connectivity index (χ0n) is 27.2. The maximum absolute atomic E-state index is 17.9. The van der Waals surface area contributed by atoms with Crippen molar-refractivity contribution >= 4 is 45.9 Å². The van der Waals surface area contributed by atoms with Gasteiger partial charge < -0.3 is 9.80 Å². The van der Waals surface area contributed by atoms with Crippen LogP contribution in [0.5, 0.6) is 0 Å². The molecule has 4 unspecified atom stereocenters. The SMILES string of the molecule is CC(C)(C)c1ccc2c3c1C1(F)CCCCC1(F)N3c1cccc3c1B2c1ccc(C(C)(C)C)c2c1N3C1(F)CCCCC21F. The highest BCUT2D eigenvalue weighted by atomic mass is 19.2. The highest BCUT2D eigenvalue weighted by molar-refractivity contribution is 7.00. The lowest BCUT2D eigenvalue weighted by molar-refractivity contribution is -0.0627. The lowest BCUT2D eigenvalue weighted by atomic mass is 9.33. The Labute approximate surface area is 264 Å². The molecule has 3 aromatic rings. The molecule has 0 spiro atoms. The summed E-state index contributed by atoms with van der Waals surface area (Å²) in [6.45, 7) is 12.0. The molecule has 0 bridgehead atoms. The van der Waals surface area contributed by atoms with Gasteiger partial charge in [0.2, 0.25) is 11.6 Å². The summed E-state index contributed by atoms with van der Waals surface area (Å²) in [5.41, 5.74) is 2.34. The van der Waals surface area contributed by atoms with E-state index in [-0.39, 0.29) is 25.7 Å². The average molecular weight is 613 g/mol. The lowest BCUT2D eigenvalue weighted by Crippen LogP contribution is -2.65. The number of rotatable bonds is 0. The summed E-state index contributed by atoms with van der Waals surface area (Å²) >= 11 is 0. The number of anilines is 4. The molecule has 0 N–H and O–H groups in total. The largest absolute Gasteiger partial charge is 0.306 e. The van der Waals surface area contributed by atoms with E-state index in [4.69, 9.17) is 0 Å². The topological polar surface area (TPSA) is 6.48 Å². The molecule has 2 aliphatic carbocycles. The van der Waals surface area contributed by atoms with E-state index in [0.29, 0.717) is 59.6 Å². The van der Waals surface area contributed by atoms with E-state index in [0.717, 1.165) is 27.5 Å². The smallest absolute Gasteiger partial charge is 0.252 e. The molecule has 4 aliphatic heterocycles. The van der Waals surface area contributed by atoms with Gasteiger partial charge in [0, 0.05) is 46.7 Å². The van der Waals surface area contributed by atoms with Gasteiger partial charge in [-0.15, -0.1) is 0 Å². The van der Waals surface area contributed by atoms with E-state index in [1.807, 2.05) is 30.3 Å². The number of alkyl halides is 4. The minimum atomic E-state index is -2.27. The van der Waals surface area contributed by atoms with Gasteiger partial charge in [-0.25, -0.2) is 17.6 Å². The van der Waals surface area contributed by atoms with Crippen molar-refractivity contribution in [3.63, 3.8) is 0 Å². The van der Waals surface area contributed by atoms with Gasteiger partial charge in [0.05, 0.1) is 0 Å². The second-order valence-electron chi connectivity index (χ2n) is 16.7. The Bertz CT molecular complexity index is 1710. The molecule has 0 amide bonds. The number of benzene rings is 3. The van der Waals surface area contributed by atoms with Gasteiger partial charge in [-0.3, -0.25) is 0 Å². The van der Waals surface area contributed by atoms with Crippen molar-refractivity contribution in [1.29, 1.82) is 0 Å². The zero-order chi connectivity index (χ0) is 31.7. The third-order valence-electron chi connectivity index (χ3n) is 12.2. The molecular weight excluding hydrogens is 571 g/mol. The van der Waals surface area contributed by atoms with Crippen molar-refractivity contribution in [2.75, 3.05) is 9.80 Å². The minimum Gasteiger partial charge on any atom is -0.306 e. The van der Waals surface area contributed by atoms with Crippen molar-refractivity contribution in [3.8, 4) is 0 Å². The molecule has 4 heterocycles. The first kappa shape index (κ1) is 28.3. The summed E-state index contributed by atoms with van der Waals surface area (Å²) in [5.74, 6) is -4.53. The van der Waals surface area contributed by atoms with E-state index in [1.54, 1.807) is 9.80 Å². The van der Waals surface area contributed by atoms with Crippen LogP contribution in [0.15, 0.2) is 42.5 Å². The third kappa shape index (κ3) is 2.97. The fraction of sp³-hybridized carbons (Fsp3) is 0.526. The predicted molar refractivity (Wildman–Crippen MR) is 176 cm³/mol. The molecule has 234 valence electrons. The molecule has 0 saturated heterocycles. The van der Waals surface area contributed by atoms with Crippen molar-refractivity contribution in [3.05, 3.63) is 64.7 Å². The van der Waals surface area contributed by atoms with Crippen molar-refractivity contribution < 1.29 is 17.6 Å². The summed E-state index contributed by atoms with van der Waals surface area (Å²) in [7, 11) is 0. The summed E-state index contributed by atoms with van der Waals surface area (Å²) < 4.78 is 71.5. The molecule has 3 aromatic carbocycles. The van der Waals surface area contributed by atoms with Crippen LogP contribution in [-0.2, 0) is 22.2 Å². The fourth-order valence-corrected chi connectivity index (χ4v) is 10.3. The molecule has 7 heteroatoms. The predicted octanol–water partition coefficient (Wildman–Crippen LogP) is 8.54. The first-order valence-corrected chi connectivity index (χ1v) is 16.9. The summed E-state index contributed by atoms with van der Waals surface area (Å²) in [5, 5.41) is 0. The van der Waals surface area contributed by atoms with Crippen LogP contribution in [0.25, 0.3) is 0 Å². The van der Waals surface area contributed by atoms with Crippen LogP contribution in [0.2, 0.25) is 0 Å². The van der Waals surface area contributed by atoms with E-state index in [2.05, 4.69) is 53.7 Å². The maximum Gasteiger partial charge on any atom is 0.252 e. The number of fused-ring (bicyclic) bond motifs is 10. The third-order valence-corrected chi connectivity index (χ3v) is 12.2. The summed E-state index contributed by atoms with van der Waals surface area (Å²) in [4.78, 5) is 3.31. The molecule has 45 heavy (non-hydrogen) atoms. The van der Waals surface area contributed by atoms with Gasteiger partial charge in [0.15, 0.2) is 11.3 Å². The highest BCUT2D eigenvalue weighted by Crippen LogP contribution is 2.67. The lowest BCUT2D eigenvalue weighted by Gasteiger charge is -2.49. The quantitative estimate of drug-likeness (QED) is 0.143. The van der Waals surface area contributed by atoms with E-state index in [9.17, 15) is 0 Å². The Morgan fingerprint density at radius 3 is 1.38 bits per heavy atom. The van der Waals surface area contributed by atoms with Crippen LogP contribution in [0.4, 0.5) is 40.3 Å². The Morgan fingerprint density at radius 2 is 0.978 bits per heavy atom. The monoisotopic (exact) mass is 612 g/mol. The highest BCUT2D eigenvalue weighted by Gasteiger charge is 2.72. The molecule has 0 radical (unpaired) electrons. The molecule has 0 aromatic heterocycles. The second-order valence-corrected chi connectivity index (χ2v) is 16.7. The van der Waals surface area contributed by atoms with Crippen molar-refractivity contribution in [2.45, 2.75) is 127 Å². The zero-order valence-corrected chi connectivity index (χ0v) is 27.2. The number of halogens is 4. The van der Waals surface area contributed by atoms with Gasteiger partial charge in [-0.2, -0.15) is 0 Å². The molecule has 2 fully saturated rings. The fourth-order valence-electron chi connectivity index (χ4n) is 10.3. The maximum atomic E-state index is 17.9. The van der Waals surface area contributed by atoms with Crippen LogP contribution in [-0.4, -0.2) is 18.3 Å². The Kier molecular flexibility index (Phi) is 5.10. The van der Waals surface area contributed by atoms with Gasteiger partial charge in [0.1, 0.15) is 0 Å². The van der Waals surface area contributed by atoms with Crippen LogP contribution >= 0.6 is 0 Å². The van der Waals surface area contributed by atoms with Crippen LogP contribution in [0, 0.1) is 0 Å². The van der Waals surface area contributed by atoms with Gasteiger partial charge in [-0.1, -0.05) is 71.9 Å². The van der Waals surface area contributed by atoms with E-state index < -0.39 is 40.5 Å². The normalized spacial score (nSPS) is 32.2. The van der Waals surface area contributed by atoms with E-state index >= 15 is 17.6 Å². The molecule has 2 nitrogen and oxygen atoms in total. The Morgan fingerprint density at radius 1 is 0.578 bits per heavy atom. The first-order valence-electron chi connectivity index (χ1n) is 16.9. The average Bonchev–Trinajstić information content (AvgIpc) is 3.33. The molecular formula is C38H41BF4N2. The number of nitrogens with zero attached hydrogens (tertiary/aromatic N) is 2. The van der Waals surface area contributed by atoms with Crippen molar-refractivity contribution in [2.24, 2.45) is 0 Å². The standard InChI is InChI=1S/C38H41BF4N2/c1-33(2,3)22-14-16-24-31-28(22)35(40)18-7-9-20-37(35,42)44(31)26-12-11-13-27-30(26)39(24)25-17-15-23(34(4,5)6)29-32(25)45(27)38(43)21-10-8-19-36(29,38)41/h11-17H,7-10,18-21H2,1-6H3. The number of hydrogen-bond donors (Lipinski definition) is 0. The first-order chi connectivity index (χ1) is 21.1. The second kappa shape index (κ2) is 8.12. The van der Waals surface area contributed by atoms with Crippen LogP contribution in [0.3, 0.4) is 0 Å². The molecule has 9 rings (SSSR count). The molecule has 4 atom stereocenters.